The van der Waals surface area contributed by atoms with E-state index in [4.69, 9.17) is 11.6 Å². The van der Waals surface area contributed by atoms with Crippen molar-refractivity contribution in [3.8, 4) is 0 Å². The molecule has 2 atom stereocenters. The van der Waals surface area contributed by atoms with E-state index in [9.17, 15) is 14.4 Å². The minimum absolute atomic E-state index is 0.0295. The number of fused-ring (bicyclic) bond motifs is 2. The number of allylic oxidation sites excluding steroid dienone is 3. The molecule has 0 saturated carbocycles. The summed E-state index contributed by atoms with van der Waals surface area (Å²) in [7, 11) is 0. The van der Waals surface area contributed by atoms with Crippen LogP contribution < -0.4 is 10.2 Å². The molecule has 0 bridgehead atoms. The van der Waals surface area contributed by atoms with Crippen LogP contribution in [0.2, 0.25) is 5.02 Å². The first-order valence-electron chi connectivity index (χ1n) is 10.6. The summed E-state index contributed by atoms with van der Waals surface area (Å²) < 4.78 is 0. The Morgan fingerprint density at radius 2 is 1.90 bits per heavy atom. The predicted molar refractivity (Wildman–Crippen MR) is 119 cm³/mol. The Bertz CT molecular complexity index is 1100. The average Bonchev–Trinajstić information content (AvgIpc) is 3.16. The lowest BCUT2D eigenvalue weighted by Crippen LogP contribution is -2.37. The van der Waals surface area contributed by atoms with Crippen molar-refractivity contribution in [1.29, 1.82) is 0 Å². The topological polar surface area (TPSA) is 78.8 Å². The molecule has 2 heterocycles. The third-order valence-electron chi connectivity index (χ3n) is 6.37. The van der Waals surface area contributed by atoms with E-state index >= 15 is 0 Å². The summed E-state index contributed by atoms with van der Waals surface area (Å²) in [4.78, 5) is 43.6. The van der Waals surface area contributed by atoms with Gasteiger partial charge in [0.1, 0.15) is 0 Å². The lowest BCUT2D eigenvalue weighted by atomic mass is 9.77. The van der Waals surface area contributed by atoms with Crippen molar-refractivity contribution in [2.75, 3.05) is 11.4 Å². The largest absolute Gasteiger partial charge is 0.325 e. The summed E-state index contributed by atoms with van der Waals surface area (Å²) in [6.07, 6.45) is 9.70. The fraction of sp³-hybridized carbons (Fsp3) is 0.333. The van der Waals surface area contributed by atoms with E-state index in [0.717, 1.165) is 42.6 Å². The van der Waals surface area contributed by atoms with Gasteiger partial charge in [-0.1, -0.05) is 17.7 Å². The van der Waals surface area contributed by atoms with Crippen LogP contribution in [-0.2, 0) is 14.4 Å². The van der Waals surface area contributed by atoms with Gasteiger partial charge in [-0.2, -0.15) is 0 Å². The molecule has 158 valence electrons. The van der Waals surface area contributed by atoms with E-state index in [1.54, 1.807) is 35.2 Å². The number of carbonyl (C=O) groups excluding carboxylic acids is 3. The van der Waals surface area contributed by atoms with Gasteiger partial charge in [-0.25, -0.2) is 4.99 Å². The third-order valence-corrected chi connectivity index (χ3v) is 6.62. The van der Waals surface area contributed by atoms with Crippen LogP contribution in [0.15, 0.2) is 64.3 Å². The maximum absolute atomic E-state index is 12.8. The van der Waals surface area contributed by atoms with Crippen LogP contribution in [0.5, 0.6) is 0 Å². The van der Waals surface area contributed by atoms with E-state index in [-0.39, 0.29) is 30.1 Å². The number of benzene rings is 1. The van der Waals surface area contributed by atoms with Crippen LogP contribution >= 0.6 is 11.6 Å². The molecule has 0 aromatic heterocycles. The summed E-state index contributed by atoms with van der Waals surface area (Å²) >= 11 is 5.92. The number of rotatable bonds is 2. The molecule has 2 unspecified atom stereocenters. The highest BCUT2D eigenvalue weighted by Crippen LogP contribution is 2.38. The molecule has 5 rings (SSSR count). The molecule has 2 aliphatic carbocycles. The molecular weight excluding hydrogens is 414 g/mol. The standard InChI is InChI=1S/C24H22ClN3O3/c25-15-5-8-17(9-6-15)28-13-14(11-22(28)29)23(30)26-16-7-10-19-18-3-1-2-4-20(18)24(31)27-21(19)12-16/h5-10,12,14,19H,1-4,11,13H2,(H,27,31). The van der Waals surface area contributed by atoms with Gasteiger partial charge in [-0.05, 0) is 67.7 Å². The molecule has 0 radical (unpaired) electrons. The zero-order chi connectivity index (χ0) is 21.5. The highest BCUT2D eigenvalue weighted by atomic mass is 35.5. The van der Waals surface area contributed by atoms with E-state index in [1.807, 2.05) is 12.2 Å². The van der Waals surface area contributed by atoms with Gasteiger partial charge in [0.2, 0.25) is 5.91 Å². The summed E-state index contributed by atoms with van der Waals surface area (Å²) in [6.45, 7) is 0.298. The number of nitrogens with zero attached hydrogens (tertiary/aromatic N) is 2. The second-order valence-electron chi connectivity index (χ2n) is 8.36. The number of hydrogen-bond acceptors (Lipinski definition) is 3. The van der Waals surface area contributed by atoms with Crippen LogP contribution in [0.4, 0.5) is 5.69 Å². The lowest BCUT2D eigenvalue weighted by molar-refractivity contribution is -0.123. The molecule has 6 nitrogen and oxygen atoms in total. The van der Waals surface area contributed by atoms with Crippen LogP contribution in [0.3, 0.4) is 0 Å². The van der Waals surface area contributed by atoms with Crippen LogP contribution in [0.1, 0.15) is 32.1 Å². The molecule has 1 fully saturated rings. The molecule has 2 aliphatic heterocycles. The molecule has 0 spiro atoms. The molecule has 3 amide bonds. The summed E-state index contributed by atoms with van der Waals surface area (Å²) in [5.41, 5.74) is 4.13. The lowest BCUT2D eigenvalue weighted by Gasteiger charge is -2.33. The zero-order valence-electron chi connectivity index (χ0n) is 16.9. The van der Waals surface area contributed by atoms with Crippen molar-refractivity contribution in [2.45, 2.75) is 32.1 Å². The van der Waals surface area contributed by atoms with E-state index in [1.165, 1.54) is 5.57 Å². The van der Waals surface area contributed by atoms with Crippen molar-refractivity contribution in [2.24, 2.45) is 16.8 Å². The number of amides is 3. The first-order chi connectivity index (χ1) is 15.0. The number of halogens is 1. The second-order valence-corrected chi connectivity index (χ2v) is 8.79. The van der Waals surface area contributed by atoms with Crippen molar-refractivity contribution in [3.05, 3.63) is 64.4 Å². The summed E-state index contributed by atoms with van der Waals surface area (Å²) in [5.74, 6) is -0.878. The fourth-order valence-corrected chi connectivity index (χ4v) is 4.91. The fourth-order valence-electron chi connectivity index (χ4n) is 4.78. The van der Waals surface area contributed by atoms with Crippen LogP contribution in [0.25, 0.3) is 0 Å². The maximum Gasteiger partial charge on any atom is 0.251 e. The van der Waals surface area contributed by atoms with Crippen molar-refractivity contribution in [3.63, 3.8) is 0 Å². The highest BCUT2D eigenvalue weighted by Gasteiger charge is 2.36. The van der Waals surface area contributed by atoms with E-state index in [2.05, 4.69) is 10.3 Å². The number of hydrogen-bond donors (Lipinski definition) is 1. The second kappa shape index (κ2) is 7.93. The molecule has 1 N–H and O–H groups in total. The first-order valence-corrected chi connectivity index (χ1v) is 11.0. The van der Waals surface area contributed by atoms with Gasteiger partial charge in [-0.15, -0.1) is 0 Å². The van der Waals surface area contributed by atoms with E-state index in [0.29, 0.717) is 17.3 Å². The Kier molecular flexibility index (Phi) is 5.10. The van der Waals surface area contributed by atoms with Gasteiger partial charge < -0.3 is 10.2 Å². The number of aliphatic imine (C=N–C) groups is 1. The molecule has 31 heavy (non-hydrogen) atoms. The molecule has 1 saturated heterocycles. The third kappa shape index (κ3) is 3.76. The molecule has 4 aliphatic rings. The molecular formula is C24H22ClN3O3. The van der Waals surface area contributed by atoms with Crippen LogP contribution in [-0.4, -0.2) is 30.0 Å². The van der Waals surface area contributed by atoms with Crippen molar-refractivity contribution in [1.82, 2.24) is 5.32 Å². The van der Waals surface area contributed by atoms with Gasteiger partial charge in [-0.3, -0.25) is 14.4 Å². The van der Waals surface area contributed by atoms with Gasteiger partial charge in [0.15, 0.2) is 0 Å². The van der Waals surface area contributed by atoms with E-state index < -0.39 is 5.92 Å². The number of nitrogens with one attached hydrogen (secondary N) is 1. The Hall–Kier alpha value is -2.99. The molecule has 1 aromatic carbocycles. The van der Waals surface area contributed by atoms with Crippen molar-refractivity contribution < 1.29 is 14.4 Å². The normalized spacial score (nSPS) is 26.5. The van der Waals surface area contributed by atoms with Gasteiger partial charge in [0.05, 0.1) is 11.6 Å². The highest BCUT2D eigenvalue weighted by molar-refractivity contribution is 6.30. The quantitative estimate of drug-likeness (QED) is 0.768. The monoisotopic (exact) mass is 435 g/mol. The van der Waals surface area contributed by atoms with Gasteiger partial charge >= 0.3 is 0 Å². The average molecular weight is 436 g/mol. The van der Waals surface area contributed by atoms with Gasteiger partial charge in [0.25, 0.3) is 11.8 Å². The number of carbonyl (C=O) groups is 3. The smallest absolute Gasteiger partial charge is 0.251 e. The van der Waals surface area contributed by atoms with Crippen LogP contribution in [0, 0.1) is 11.8 Å². The number of anilines is 1. The minimum atomic E-state index is -0.492. The Balaban J connectivity index is 1.32. The molecule has 7 heteroatoms. The predicted octanol–water partition coefficient (Wildman–Crippen LogP) is 3.73. The zero-order valence-corrected chi connectivity index (χ0v) is 17.7. The first kappa shape index (κ1) is 19.9. The minimum Gasteiger partial charge on any atom is -0.325 e. The molecule has 1 aromatic rings. The Labute approximate surface area is 185 Å². The Morgan fingerprint density at radius 3 is 2.71 bits per heavy atom. The SMILES string of the molecule is O=C1NC2=CC(=NC(=O)C3CC(=O)N(c4ccc(Cl)cc4)C3)C=CC2C2=C1CCCC2. The Morgan fingerprint density at radius 1 is 1.13 bits per heavy atom. The van der Waals surface area contributed by atoms with Crippen molar-refractivity contribution >= 4 is 40.7 Å². The summed E-state index contributed by atoms with van der Waals surface area (Å²) in [6, 6.07) is 6.99. The maximum atomic E-state index is 12.8. The van der Waals surface area contributed by atoms with Gasteiger partial charge in [0, 0.05) is 40.9 Å². The summed E-state index contributed by atoms with van der Waals surface area (Å²) in [5, 5.41) is 3.57.